The van der Waals surface area contributed by atoms with Crippen LogP contribution in [0.3, 0.4) is 0 Å². The van der Waals surface area contributed by atoms with Crippen LogP contribution in [0.15, 0.2) is 12.4 Å². The number of rotatable bonds is 3. The standard InChI is InChI=1S/C9H15N3O3S/c1-11-7-9(6-10-11)12(16(13)14)8-2-4-15-5-3-8/h6-8H,2-5H2,1H3,(H,13,14). The van der Waals surface area contributed by atoms with Gasteiger partial charge in [0.05, 0.1) is 11.9 Å². The van der Waals surface area contributed by atoms with E-state index in [9.17, 15) is 8.76 Å². The third-order valence-electron chi connectivity index (χ3n) is 2.64. The molecule has 7 heteroatoms. The molecule has 1 aliphatic heterocycles. The van der Waals surface area contributed by atoms with Crippen LogP contribution in [0.25, 0.3) is 0 Å². The molecule has 1 atom stereocenters. The van der Waals surface area contributed by atoms with E-state index in [0.717, 1.165) is 12.8 Å². The SMILES string of the molecule is Cn1cc(N(C2CCOCC2)S(=O)O)cn1. The highest BCUT2D eigenvalue weighted by atomic mass is 32.2. The van der Waals surface area contributed by atoms with Crippen molar-refractivity contribution in [2.45, 2.75) is 18.9 Å². The van der Waals surface area contributed by atoms with Gasteiger partial charge in [-0.25, -0.2) is 4.21 Å². The number of hydrogen-bond donors (Lipinski definition) is 1. The van der Waals surface area contributed by atoms with Crippen LogP contribution in [0.5, 0.6) is 0 Å². The van der Waals surface area contributed by atoms with E-state index in [1.165, 1.54) is 4.31 Å². The molecule has 1 aromatic heterocycles. The highest BCUT2D eigenvalue weighted by Crippen LogP contribution is 2.23. The Hall–Kier alpha value is -0.920. The van der Waals surface area contributed by atoms with Crippen molar-refractivity contribution in [3.05, 3.63) is 12.4 Å². The summed E-state index contributed by atoms with van der Waals surface area (Å²) in [6.45, 7) is 1.28. The van der Waals surface area contributed by atoms with Crippen LogP contribution in [-0.2, 0) is 23.1 Å². The number of anilines is 1. The normalized spacial score (nSPS) is 19.6. The van der Waals surface area contributed by atoms with Gasteiger partial charge in [-0.15, -0.1) is 0 Å². The predicted molar refractivity (Wildman–Crippen MR) is 60.3 cm³/mol. The van der Waals surface area contributed by atoms with E-state index >= 15 is 0 Å². The largest absolute Gasteiger partial charge is 0.381 e. The molecule has 0 amide bonds. The van der Waals surface area contributed by atoms with Gasteiger partial charge in [-0.05, 0) is 12.8 Å². The van der Waals surface area contributed by atoms with Crippen molar-refractivity contribution < 1.29 is 13.5 Å². The lowest BCUT2D eigenvalue weighted by molar-refractivity contribution is 0.0875. The molecule has 2 rings (SSSR count). The summed E-state index contributed by atoms with van der Waals surface area (Å²) in [5, 5.41) is 4.01. The van der Waals surface area contributed by atoms with Crippen molar-refractivity contribution in [3.8, 4) is 0 Å². The van der Waals surface area contributed by atoms with Crippen LogP contribution in [-0.4, -0.2) is 37.8 Å². The fourth-order valence-corrected chi connectivity index (χ4v) is 2.61. The Kier molecular flexibility index (Phi) is 3.57. The Morgan fingerprint density at radius 2 is 2.31 bits per heavy atom. The van der Waals surface area contributed by atoms with Gasteiger partial charge in [-0.1, -0.05) is 0 Å². The highest BCUT2D eigenvalue weighted by molar-refractivity contribution is 7.80. The molecule has 1 fully saturated rings. The summed E-state index contributed by atoms with van der Waals surface area (Å²) < 4.78 is 29.1. The highest BCUT2D eigenvalue weighted by Gasteiger charge is 2.26. The van der Waals surface area contributed by atoms with Crippen LogP contribution in [0.1, 0.15) is 12.8 Å². The molecule has 1 saturated heterocycles. The van der Waals surface area contributed by atoms with Gasteiger partial charge < -0.3 is 4.74 Å². The van der Waals surface area contributed by atoms with Crippen molar-refractivity contribution in [3.63, 3.8) is 0 Å². The molecule has 1 aromatic rings. The molecule has 2 heterocycles. The Morgan fingerprint density at radius 3 is 2.81 bits per heavy atom. The number of ether oxygens (including phenoxy) is 1. The zero-order chi connectivity index (χ0) is 11.5. The summed E-state index contributed by atoms with van der Waals surface area (Å²) in [6, 6.07) is 0.0452. The second kappa shape index (κ2) is 4.94. The Labute approximate surface area is 96.6 Å². The lowest BCUT2D eigenvalue weighted by Gasteiger charge is -2.31. The van der Waals surface area contributed by atoms with Gasteiger partial charge >= 0.3 is 0 Å². The topological polar surface area (TPSA) is 67.6 Å². The van der Waals surface area contributed by atoms with Gasteiger partial charge in [0.25, 0.3) is 11.3 Å². The summed E-state index contributed by atoms with van der Waals surface area (Å²) >= 11 is -2.01. The van der Waals surface area contributed by atoms with Crippen molar-refractivity contribution in [1.29, 1.82) is 0 Å². The van der Waals surface area contributed by atoms with Crippen molar-refractivity contribution >= 4 is 17.0 Å². The Balaban J connectivity index is 2.19. The number of aromatic nitrogens is 2. The smallest absolute Gasteiger partial charge is 0.262 e. The van der Waals surface area contributed by atoms with Crippen LogP contribution in [0, 0.1) is 0 Å². The summed E-state index contributed by atoms with van der Waals surface area (Å²) in [5.74, 6) is 0. The first-order valence-electron chi connectivity index (χ1n) is 5.15. The molecule has 90 valence electrons. The van der Waals surface area contributed by atoms with Crippen LogP contribution in [0.2, 0.25) is 0 Å². The molecule has 1 aliphatic rings. The van der Waals surface area contributed by atoms with E-state index in [0.29, 0.717) is 18.9 Å². The monoisotopic (exact) mass is 245 g/mol. The second-order valence-electron chi connectivity index (χ2n) is 3.77. The van der Waals surface area contributed by atoms with Gasteiger partial charge in [-0.3, -0.25) is 13.5 Å². The fraction of sp³-hybridized carbons (Fsp3) is 0.667. The number of nitrogens with zero attached hydrogens (tertiary/aromatic N) is 3. The average Bonchev–Trinajstić information content (AvgIpc) is 2.66. The molecule has 0 aromatic carbocycles. The van der Waals surface area contributed by atoms with Gasteiger partial charge in [0.15, 0.2) is 0 Å². The summed E-state index contributed by atoms with van der Waals surface area (Å²) in [6.07, 6.45) is 4.87. The molecule has 0 spiro atoms. The van der Waals surface area contributed by atoms with Gasteiger partial charge in [-0.2, -0.15) is 5.10 Å². The fourth-order valence-electron chi connectivity index (χ4n) is 1.87. The zero-order valence-electron chi connectivity index (χ0n) is 9.07. The maximum atomic E-state index is 11.4. The van der Waals surface area contributed by atoms with Gasteiger partial charge in [0.2, 0.25) is 0 Å². The molecule has 0 saturated carbocycles. The minimum Gasteiger partial charge on any atom is -0.381 e. The Bertz CT molecular complexity index is 376. The quantitative estimate of drug-likeness (QED) is 0.789. The molecular formula is C9H15N3O3S. The zero-order valence-corrected chi connectivity index (χ0v) is 9.89. The summed E-state index contributed by atoms with van der Waals surface area (Å²) in [7, 11) is 1.78. The molecule has 0 radical (unpaired) electrons. The minimum atomic E-state index is -2.01. The summed E-state index contributed by atoms with van der Waals surface area (Å²) in [4.78, 5) is 0. The first kappa shape index (κ1) is 11.6. The molecule has 16 heavy (non-hydrogen) atoms. The molecular weight excluding hydrogens is 230 g/mol. The third-order valence-corrected chi connectivity index (χ3v) is 3.48. The van der Waals surface area contributed by atoms with Crippen LogP contribution >= 0.6 is 0 Å². The third kappa shape index (κ3) is 2.42. The molecule has 6 nitrogen and oxygen atoms in total. The van der Waals surface area contributed by atoms with Gasteiger partial charge in [0, 0.05) is 32.5 Å². The van der Waals surface area contributed by atoms with E-state index in [-0.39, 0.29) is 6.04 Å². The first-order chi connectivity index (χ1) is 7.68. The van der Waals surface area contributed by atoms with Crippen molar-refractivity contribution in [1.82, 2.24) is 9.78 Å². The lowest BCUT2D eigenvalue weighted by Crippen LogP contribution is -2.40. The Morgan fingerprint density at radius 1 is 1.62 bits per heavy atom. The molecule has 1 unspecified atom stereocenters. The van der Waals surface area contributed by atoms with E-state index in [1.807, 2.05) is 0 Å². The maximum Gasteiger partial charge on any atom is 0.262 e. The summed E-state index contributed by atoms with van der Waals surface area (Å²) in [5.41, 5.74) is 0.676. The van der Waals surface area contributed by atoms with Crippen LogP contribution < -0.4 is 4.31 Å². The van der Waals surface area contributed by atoms with E-state index < -0.39 is 11.3 Å². The number of hydrogen-bond acceptors (Lipinski definition) is 3. The van der Waals surface area contributed by atoms with E-state index in [2.05, 4.69) is 5.10 Å². The van der Waals surface area contributed by atoms with Crippen molar-refractivity contribution in [2.24, 2.45) is 7.05 Å². The molecule has 0 bridgehead atoms. The molecule has 0 aliphatic carbocycles. The predicted octanol–water partition coefficient (Wildman–Crippen LogP) is 0.542. The van der Waals surface area contributed by atoms with Gasteiger partial charge in [0.1, 0.15) is 0 Å². The minimum absolute atomic E-state index is 0.0452. The van der Waals surface area contributed by atoms with E-state index in [4.69, 9.17) is 4.74 Å². The van der Waals surface area contributed by atoms with E-state index in [1.54, 1.807) is 24.1 Å². The maximum absolute atomic E-state index is 11.4. The lowest BCUT2D eigenvalue weighted by atomic mass is 10.1. The number of aryl methyl sites for hydroxylation is 1. The first-order valence-corrected chi connectivity index (χ1v) is 6.21. The second-order valence-corrected chi connectivity index (χ2v) is 4.63. The van der Waals surface area contributed by atoms with Crippen molar-refractivity contribution in [2.75, 3.05) is 17.5 Å². The average molecular weight is 245 g/mol. The van der Waals surface area contributed by atoms with Crippen LogP contribution in [0.4, 0.5) is 5.69 Å². The molecule has 1 N–H and O–H groups in total.